The first-order valence-electron chi connectivity index (χ1n) is 9.66. The molecule has 4 aromatic rings. The number of aliphatic hydroxyl groups is 1. The molecule has 29 heavy (non-hydrogen) atoms. The molecule has 0 aliphatic rings. The van der Waals surface area contributed by atoms with Crippen molar-refractivity contribution in [1.82, 2.24) is 14.5 Å². The Morgan fingerprint density at radius 2 is 1.72 bits per heavy atom. The fourth-order valence-electron chi connectivity index (χ4n) is 3.40. The fourth-order valence-corrected chi connectivity index (χ4v) is 4.24. The molecule has 4 rings (SSSR count). The SMILES string of the molecule is CC(C)P(=O)(O)O[C@H](CO)CCn1c2ccccc2c2nc3ccccc3nc21. The van der Waals surface area contributed by atoms with Crippen molar-refractivity contribution in [2.24, 2.45) is 0 Å². The lowest BCUT2D eigenvalue weighted by molar-refractivity contribution is 0.0913. The number of benzene rings is 2. The molecule has 0 spiro atoms. The van der Waals surface area contributed by atoms with Gasteiger partial charge in [-0.25, -0.2) is 9.97 Å². The summed E-state index contributed by atoms with van der Waals surface area (Å²) in [5, 5.41) is 10.7. The second-order valence-corrected chi connectivity index (χ2v) is 9.78. The molecule has 0 aliphatic heterocycles. The zero-order valence-corrected chi connectivity index (χ0v) is 17.3. The van der Waals surface area contributed by atoms with Gasteiger partial charge in [-0.1, -0.05) is 44.2 Å². The van der Waals surface area contributed by atoms with Crippen molar-refractivity contribution in [3.8, 4) is 0 Å². The van der Waals surface area contributed by atoms with Crippen molar-refractivity contribution >= 4 is 40.7 Å². The standard InChI is InChI=1S/C21H24N3O4P/c1-14(2)29(26,27)28-15(13-25)11-12-24-19-10-6-3-7-16(19)20-21(24)23-18-9-5-4-8-17(18)22-20/h3-10,14-15,25H,11-13H2,1-2H3,(H,26,27)/t15-/m0/s1. The lowest BCUT2D eigenvalue weighted by Crippen LogP contribution is -2.21. The molecule has 0 saturated heterocycles. The van der Waals surface area contributed by atoms with Gasteiger partial charge in [0.1, 0.15) is 5.52 Å². The van der Waals surface area contributed by atoms with Gasteiger partial charge in [0.15, 0.2) is 5.65 Å². The van der Waals surface area contributed by atoms with E-state index in [2.05, 4.69) is 0 Å². The van der Waals surface area contributed by atoms with Crippen LogP contribution in [0.1, 0.15) is 20.3 Å². The van der Waals surface area contributed by atoms with Crippen LogP contribution in [0.5, 0.6) is 0 Å². The van der Waals surface area contributed by atoms with Gasteiger partial charge in [-0.2, -0.15) is 0 Å². The fraction of sp³-hybridized carbons (Fsp3) is 0.333. The Morgan fingerprint density at radius 1 is 1.07 bits per heavy atom. The first-order valence-corrected chi connectivity index (χ1v) is 11.3. The first kappa shape index (κ1) is 20.0. The van der Waals surface area contributed by atoms with E-state index < -0.39 is 19.4 Å². The topological polar surface area (TPSA) is 97.5 Å². The summed E-state index contributed by atoms with van der Waals surface area (Å²) < 4.78 is 19.6. The summed E-state index contributed by atoms with van der Waals surface area (Å²) in [4.78, 5) is 19.6. The summed E-state index contributed by atoms with van der Waals surface area (Å²) in [5.41, 5.74) is 3.65. The maximum Gasteiger partial charge on any atom is 0.330 e. The highest BCUT2D eigenvalue weighted by Gasteiger charge is 2.28. The maximum absolute atomic E-state index is 12.2. The van der Waals surface area contributed by atoms with Crippen LogP contribution >= 0.6 is 7.60 Å². The molecule has 2 aromatic carbocycles. The third-order valence-electron chi connectivity index (χ3n) is 5.09. The highest BCUT2D eigenvalue weighted by atomic mass is 31.2. The van der Waals surface area contributed by atoms with Crippen LogP contribution in [0.4, 0.5) is 0 Å². The van der Waals surface area contributed by atoms with Crippen molar-refractivity contribution < 1.29 is 19.1 Å². The molecule has 2 atom stereocenters. The summed E-state index contributed by atoms with van der Waals surface area (Å²) in [6.07, 6.45) is -0.367. The third-order valence-corrected chi connectivity index (χ3v) is 6.99. The van der Waals surface area contributed by atoms with Gasteiger partial charge in [-0.05, 0) is 24.6 Å². The number of hydrogen-bond donors (Lipinski definition) is 2. The van der Waals surface area contributed by atoms with Gasteiger partial charge in [0, 0.05) is 11.9 Å². The largest absolute Gasteiger partial charge is 0.394 e. The van der Waals surface area contributed by atoms with Gasteiger partial charge >= 0.3 is 7.60 Å². The van der Waals surface area contributed by atoms with Crippen LogP contribution in [0.25, 0.3) is 33.1 Å². The maximum atomic E-state index is 12.2. The number of rotatable bonds is 7. The quantitative estimate of drug-likeness (QED) is 0.443. The second-order valence-electron chi connectivity index (χ2n) is 7.41. The van der Waals surface area contributed by atoms with Crippen molar-refractivity contribution in [1.29, 1.82) is 0 Å². The number of aryl methyl sites for hydroxylation is 1. The van der Waals surface area contributed by atoms with Gasteiger partial charge in [0.25, 0.3) is 0 Å². The number of fused-ring (bicyclic) bond motifs is 4. The number of nitrogens with zero attached hydrogens (tertiary/aromatic N) is 3. The lowest BCUT2D eigenvalue weighted by Gasteiger charge is -2.22. The second kappa shape index (κ2) is 7.84. The third kappa shape index (κ3) is 3.79. The molecule has 0 radical (unpaired) electrons. The zero-order chi connectivity index (χ0) is 20.6. The summed E-state index contributed by atoms with van der Waals surface area (Å²) in [6.45, 7) is 3.40. The van der Waals surface area contributed by atoms with Crippen LogP contribution in [0.3, 0.4) is 0 Å². The molecule has 0 amide bonds. The molecule has 2 heterocycles. The van der Waals surface area contributed by atoms with Crippen molar-refractivity contribution in [3.05, 3.63) is 48.5 Å². The Balaban J connectivity index is 1.74. The summed E-state index contributed by atoms with van der Waals surface area (Å²) in [5.74, 6) is 0. The molecule has 2 N–H and O–H groups in total. The van der Waals surface area contributed by atoms with Gasteiger partial charge in [-0.15, -0.1) is 0 Å². The molecular weight excluding hydrogens is 389 g/mol. The number of hydrogen-bond acceptors (Lipinski definition) is 5. The van der Waals surface area contributed by atoms with Crippen LogP contribution in [0, 0.1) is 0 Å². The van der Waals surface area contributed by atoms with Crippen LogP contribution in [0.2, 0.25) is 0 Å². The van der Waals surface area contributed by atoms with E-state index in [1.54, 1.807) is 13.8 Å². The predicted octanol–water partition coefficient (Wildman–Crippen LogP) is 4.10. The summed E-state index contributed by atoms with van der Waals surface area (Å²) in [7, 11) is -3.77. The molecule has 7 nitrogen and oxygen atoms in total. The molecule has 152 valence electrons. The minimum absolute atomic E-state index is 0.330. The highest BCUT2D eigenvalue weighted by Crippen LogP contribution is 2.48. The summed E-state index contributed by atoms with van der Waals surface area (Å²) in [6, 6.07) is 15.7. The number of aliphatic hydroxyl groups excluding tert-OH is 1. The molecule has 0 aliphatic carbocycles. The smallest absolute Gasteiger partial charge is 0.330 e. The van der Waals surface area contributed by atoms with Gasteiger partial charge in [-0.3, -0.25) is 4.57 Å². The van der Waals surface area contributed by atoms with E-state index in [1.165, 1.54) is 0 Å². The number of para-hydroxylation sites is 3. The molecule has 0 saturated carbocycles. The van der Waals surface area contributed by atoms with E-state index in [0.717, 1.165) is 33.1 Å². The molecule has 8 heteroatoms. The van der Waals surface area contributed by atoms with Crippen molar-refractivity contribution in [2.75, 3.05) is 6.61 Å². The van der Waals surface area contributed by atoms with Gasteiger partial charge in [0.2, 0.25) is 0 Å². The lowest BCUT2D eigenvalue weighted by atomic mass is 10.2. The van der Waals surface area contributed by atoms with E-state index >= 15 is 0 Å². The van der Waals surface area contributed by atoms with Crippen LogP contribution in [0.15, 0.2) is 48.5 Å². The van der Waals surface area contributed by atoms with Crippen molar-refractivity contribution in [3.63, 3.8) is 0 Å². The average Bonchev–Trinajstić information content (AvgIpc) is 3.02. The Labute approximate surface area is 168 Å². The van der Waals surface area contributed by atoms with Crippen molar-refractivity contribution in [2.45, 2.75) is 38.6 Å². The molecule has 0 fully saturated rings. The molecule has 1 unspecified atom stereocenters. The Morgan fingerprint density at radius 3 is 2.41 bits per heavy atom. The van der Waals surface area contributed by atoms with E-state index in [-0.39, 0.29) is 6.61 Å². The van der Waals surface area contributed by atoms with Crippen LogP contribution in [-0.2, 0) is 15.6 Å². The minimum Gasteiger partial charge on any atom is -0.394 e. The van der Waals surface area contributed by atoms with E-state index in [0.29, 0.717) is 13.0 Å². The average molecular weight is 413 g/mol. The molecule has 0 bridgehead atoms. The monoisotopic (exact) mass is 413 g/mol. The molecular formula is C21H24N3O4P. The van der Waals surface area contributed by atoms with Gasteiger partial charge in [0.05, 0.1) is 34.9 Å². The molecule has 2 aromatic heterocycles. The Bertz CT molecular complexity index is 1220. The Hall–Kier alpha value is -2.31. The zero-order valence-electron chi connectivity index (χ0n) is 16.4. The predicted molar refractivity (Wildman–Crippen MR) is 114 cm³/mol. The first-order chi connectivity index (χ1) is 13.9. The normalized spacial score (nSPS) is 15.3. The van der Waals surface area contributed by atoms with E-state index in [1.807, 2.05) is 53.1 Å². The van der Waals surface area contributed by atoms with Gasteiger partial charge < -0.3 is 19.1 Å². The highest BCUT2D eigenvalue weighted by molar-refractivity contribution is 7.53. The van der Waals surface area contributed by atoms with Crippen LogP contribution < -0.4 is 0 Å². The van der Waals surface area contributed by atoms with Crippen LogP contribution in [-0.4, -0.2) is 42.9 Å². The minimum atomic E-state index is -3.77. The van der Waals surface area contributed by atoms with E-state index in [9.17, 15) is 14.6 Å². The Kier molecular flexibility index (Phi) is 5.40. The number of aromatic nitrogens is 3. The van der Waals surface area contributed by atoms with E-state index in [4.69, 9.17) is 14.5 Å². The summed E-state index contributed by atoms with van der Waals surface area (Å²) >= 11 is 0.